The summed E-state index contributed by atoms with van der Waals surface area (Å²) in [5, 5.41) is 3.40. The molecule has 88 valence electrons. The van der Waals surface area contributed by atoms with Crippen molar-refractivity contribution in [2.75, 3.05) is 20.1 Å². The van der Waals surface area contributed by atoms with Gasteiger partial charge in [-0.3, -0.25) is 4.90 Å². The topological polar surface area (TPSA) is 24.5 Å². The van der Waals surface area contributed by atoms with Gasteiger partial charge in [0, 0.05) is 25.2 Å². The minimum atomic E-state index is 0.405. The molecule has 4 atom stereocenters. The maximum Gasteiger partial charge on any atom is 0.0678 e. The van der Waals surface area contributed by atoms with Crippen molar-refractivity contribution < 1.29 is 4.74 Å². The van der Waals surface area contributed by atoms with E-state index in [0.29, 0.717) is 12.2 Å². The Kier molecular flexibility index (Phi) is 3.65. The molecule has 1 saturated carbocycles. The van der Waals surface area contributed by atoms with Gasteiger partial charge in [-0.05, 0) is 40.2 Å². The third kappa shape index (κ3) is 2.71. The average Bonchev–Trinajstić information content (AvgIpc) is 2.64. The van der Waals surface area contributed by atoms with Crippen molar-refractivity contribution in [2.45, 2.75) is 57.4 Å². The first-order valence-electron chi connectivity index (χ1n) is 6.25. The van der Waals surface area contributed by atoms with E-state index < -0.39 is 0 Å². The van der Waals surface area contributed by atoms with Gasteiger partial charge in [0.05, 0.1) is 12.2 Å². The van der Waals surface area contributed by atoms with Crippen LogP contribution in [0, 0.1) is 0 Å². The first kappa shape index (κ1) is 11.4. The average molecular weight is 212 g/mol. The van der Waals surface area contributed by atoms with Crippen molar-refractivity contribution in [1.82, 2.24) is 10.2 Å². The van der Waals surface area contributed by atoms with Crippen LogP contribution in [-0.2, 0) is 4.74 Å². The minimum absolute atomic E-state index is 0.405. The van der Waals surface area contributed by atoms with Crippen LogP contribution in [0.15, 0.2) is 0 Å². The maximum absolute atomic E-state index is 5.77. The summed E-state index contributed by atoms with van der Waals surface area (Å²) in [5.41, 5.74) is 0. The summed E-state index contributed by atoms with van der Waals surface area (Å²) >= 11 is 0. The molecule has 0 spiro atoms. The van der Waals surface area contributed by atoms with Crippen LogP contribution in [0.2, 0.25) is 0 Å². The molecule has 1 saturated heterocycles. The lowest BCUT2D eigenvalue weighted by Gasteiger charge is -2.39. The summed E-state index contributed by atoms with van der Waals surface area (Å²) in [6.07, 6.45) is 4.81. The predicted molar refractivity (Wildman–Crippen MR) is 62.1 cm³/mol. The smallest absolute Gasteiger partial charge is 0.0678 e. The molecule has 0 bridgehead atoms. The second-order valence-corrected chi connectivity index (χ2v) is 5.16. The van der Waals surface area contributed by atoms with Gasteiger partial charge in [-0.1, -0.05) is 0 Å². The summed E-state index contributed by atoms with van der Waals surface area (Å²) in [4.78, 5) is 2.64. The number of ether oxygens (including phenoxy) is 1. The van der Waals surface area contributed by atoms with Crippen molar-refractivity contribution >= 4 is 0 Å². The van der Waals surface area contributed by atoms with Crippen LogP contribution in [0.3, 0.4) is 0 Å². The first-order chi connectivity index (χ1) is 7.19. The van der Waals surface area contributed by atoms with E-state index >= 15 is 0 Å². The van der Waals surface area contributed by atoms with Gasteiger partial charge in [0.1, 0.15) is 0 Å². The molecule has 4 unspecified atom stereocenters. The van der Waals surface area contributed by atoms with E-state index in [1.165, 1.54) is 19.3 Å². The standard InChI is InChI=1S/C12H24N2O/c1-9-7-14(8-10(2)15-9)12-5-4-11(6-12)13-3/h9-13H,4-8H2,1-3H3. The van der Waals surface area contributed by atoms with E-state index in [-0.39, 0.29) is 0 Å². The summed E-state index contributed by atoms with van der Waals surface area (Å²) in [5.74, 6) is 0. The van der Waals surface area contributed by atoms with Crippen LogP contribution >= 0.6 is 0 Å². The van der Waals surface area contributed by atoms with E-state index in [0.717, 1.165) is 25.2 Å². The molecule has 2 rings (SSSR count). The highest BCUT2D eigenvalue weighted by Gasteiger charge is 2.32. The zero-order valence-corrected chi connectivity index (χ0v) is 10.2. The number of hydrogen-bond donors (Lipinski definition) is 1. The molecule has 0 radical (unpaired) electrons. The van der Waals surface area contributed by atoms with Crippen LogP contribution in [-0.4, -0.2) is 49.3 Å². The molecule has 15 heavy (non-hydrogen) atoms. The molecule has 0 aromatic rings. The molecule has 3 nitrogen and oxygen atoms in total. The monoisotopic (exact) mass is 212 g/mol. The lowest BCUT2D eigenvalue weighted by atomic mass is 10.1. The Morgan fingerprint density at radius 1 is 1.13 bits per heavy atom. The predicted octanol–water partition coefficient (Wildman–Crippen LogP) is 1.24. The molecular weight excluding hydrogens is 188 g/mol. The van der Waals surface area contributed by atoms with Crippen LogP contribution in [0.5, 0.6) is 0 Å². The van der Waals surface area contributed by atoms with Crippen molar-refractivity contribution in [3.8, 4) is 0 Å². The Morgan fingerprint density at radius 2 is 1.80 bits per heavy atom. The molecule has 3 heteroatoms. The lowest BCUT2D eigenvalue weighted by molar-refractivity contribution is -0.0797. The molecule has 1 N–H and O–H groups in total. The molecule has 0 aromatic carbocycles. The molecule has 0 amide bonds. The zero-order valence-electron chi connectivity index (χ0n) is 10.2. The van der Waals surface area contributed by atoms with E-state index in [4.69, 9.17) is 4.74 Å². The second-order valence-electron chi connectivity index (χ2n) is 5.16. The highest BCUT2D eigenvalue weighted by atomic mass is 16.5. The van der Waals surface area contributed by atoms with Gasteiger partial charge in [-0.25, -0.2) is 0 Å². The Hall–Kier alpha value is -0.120. The Morgan fingerprint density at radius 3 is 2.33 bits per heavy atom. The van der Waals surface area contributed by atoms with Gasteiger partial charge in [0.2, 0.25) is 0 Å². The number of hydrogen-bond acceptors (Lipinski definition) is 3. The highest BCUT2D eigenvalue weighted by Crippen LogP contribution is 2.26. The Balaban J connectivity index is 1.88. The molecular formula is C12H24N2O. The Labute approximate surface area is 93.2 Å². The molecule has 2 aliphatic rings. The summed E-state index contributed by atoms with van der Waals surface area (Å²) in [6, 6.07) is 1.53. The second kappa shape index (κ2) is 4.81. The van der Waals surface area contributed by atoms with Gasteiger partial charge in [-0.15, -0.1) is 0 Å². The highest BCUT2D eigenvalue weighted by molar-refractivity contribution is 4.88. The molecule has 1 aliphatic heterocycles. The summed E-state index contributed by atoms with van der Waals surface area (Å²) in [7, 11) is 2.08. The van der Waals surface area contributed by atoms with Crippen molar-refractivity contribution in [2.24, 2.45) is 0 Å². The molecule has 1 aliphatic carbocycles. The number of morpholine rings is 1. The molecule has 1 heterocycles. The maximum atomic E-state index is 5.77. The zero-order chi connectivity index (χ0) is 10.8. The van der Waals surface area contributed by atoms with E-state index in [1.807, 2.05) is 0 Å². The van der Waals surface area contributed by atoms with Crippen LogP contribution in [0.25, 0.3) is 0 Å². The largest absolute Gasteiger partial charge is 0.373 e. The number of nitrogens with zero attached hydrogens (tertiary/aromatic N) is 1. The number of nitrogens with one attached hydrogen (secondary N) is 1. The molecule has 0 aromatic heterocycles. The van der Waals surface area contributed by atoms with Crippen LogP contribution in [0.4, 0.5) is 0 Å². The fourth-order valence-electron chi connectivity index (χ4n) is 3.07. The van der Waals surface area contributed by atoms with E-state index in [9.17, 15) is 0 Å². The normalized spacial score (nSPS) is 43.4. The SMILES string of the molecule is CNC1CCC(N2CC(C)OC(C)C2)C1. The third-order valence-corrected chi connectivity index (χ3v) is 3.78. The van der Waals surface area contributed by atoms with Gasteiger partial charge in [0.15, 0.2) is 0 Å². The quantitative estimate of drug-likeness (QED) is 0.745. The van der Waals surface area contributed by atoms with Crippen molar-refractivity contribution in [1.29, 1.82) is 0 Å². The fraction of sp³-hybridized carbons (Fsp3) is 1.00. The lowest BCUT2D eigenvalue weighted by Crippen LogP contribution is -2.49. The molecule has 2 fully saturated rings. The van der Waals surface area contributed by atoms with E-state index in [1.54, 1.807) is 0 Å². The first-order valence-corrected chi connectivity index (χ1v) is 6.25. The van der Waals surface area contributed by atoms with Crippen molar-refractivity contribution in [3.05, 3.63) is 0 Å². The van der Waals surface area contributed by atoms with E-state index in [2.05, 4.69) is 31.1 Å². The van der Waals surface area contributed by atoms with Gasteiger partial charge in [0.25, 0.3) is 0 Å². The summed E-state index contributed by atoms with van der Waals surface area (Å²) < 4.78 is 5.77. The summed E-state index contributed by atoms with van der Waals surface area (Å²) in [6.45, 7) is 6.61. The van der Waals surface area contributed by atoms with Crippen LogP contribution < -0.4 is 5.32 Å². The van der Waals surface area contributed by atoms with Gasteiger partial charge in [-0.2, -0.15) is 0 Å². The van der Waals surface area contributed by atoms with Crippen molar-refractivity contribution in [3.63, 3.8) is 0 Å². The van der Waals surface area contributed by atoms with Crippen LogP contribution in [0.1, 0.15) is 33.1 Å². The fourth-order valence-corrected chi connectivity index (χ4v) is 3.07. The van der Waals surface area contributed by atoms with Gasteiger partial charge >= 0.3 is 0 Å². The van der Waals surface area contributed by atoms with Gasteiger partial charge < -0.3 is 10.1 Å². The Bertz CT molecular complexity index is 200. The number of rotatable bonds is 2. The third-order valence-electron chi connectivity index (χ3n) is 3.78. The minimum Gasteiger partial charge on any atom is -0.373 e.